The monoisotopic (exact) mass is 322 g/mol. The molecule has 0 atom stereocenters. The predicted molar refractivity (Wildman–Crippen MR) is 80.7 cm³/mol. The van der Waals surface area contributed by atoms with Gasteiger partial charge in [-0.3, -0.25) is 0 Å². The Hall–Kier alpha value is -2.16. The standard InChI is InChI=1S/C17H20F2N2O2/c1-16(2,3)23-15(22)21-6-4-17(11-20,5-7-21)12-8-13(18)10-14(19)9-12/h8-10H,4-7H2,1-3H3. The van der Waals surface area contributed by atoms with Crippen LogP contribution in [-0.4, -0.2) is 29.7 Å². The molecule has 1 aliphatic rings. The fourth-order valence-corrected chi connectivity index (χ4v) is 2.69. The number of likely N-dealkylation sites (tertiary alicyclic amines) is 1. The largest absolute Gasteiger partial charge is 0.444 e. The van der Waals surface area contributed by atoms with E-state index in [1.807, 2.05) is 0 Å². The highest BCUT2D eigenvalue weighted by atomic mass is 19.1. The second-order valence-corrected chi connectivity index (χ2v) is 6.82. The van der Waals surface area contributed by atoms with Gasteiger partial charge in [0.25, 0.3) is 0 Å². The maximum atomic E-state index is 13.4. The normalized spacial score (nSPS) is 17.5. The van der Waals surface area contributed by atoms with E-state index in [1.165, 1.54) is 17.0 Å². The van der Waals surface area contributed by atoms with Crippen molar-refractivity contribution in [1.82, 2.24) is 4.90 Å². The Morgan fingerprint density at radius 1 is 1.22 bits per heavy atom. The average molecular weight is 322 g/mol. The molecule has 1 amide bonds. The Labute approximate surface area is 134 Å². The van der Waals surface area contributed by atoms with Gasteiger partial charge in [-0.1, -0.05) is 0 Å². The molecule has 1 saturated heterocycles. The first-order chi connectivity index (χ1) is 10.6. The number of hydrogen-bond acceptors (Lipinski definition) is 3. The van der Waals surface area contributed by atoms with Crippen LogP contribution >= 0.6 is 0 Å². The van der Waals surface area contributed by atoms with E-state index < -0.39 is 28.7 Å². The summed E-state index contributed by atoms with van der Waals surface area (Å²) < 4.78 is 32.2. The maximum absolute atomic E-state index is 13.4. The molecule has 0 aliphatic carbocycles. The highest BCUT2D eigenvalue weighted by Crippen LogP contribution is 2.36. The molecule has 0 bridgehead atoms. The Morgan fingerprint density at radius 2 is 1.74 bits per heavy atom. The molecule has 23 heavy (non-hydrogen) atoms. The fourth-order valence-electron chi connectivity index (χ4n) is 2.69. The zero-order valence-electron chi connectivity index (χ0n) is 13.5. The minimum Gasteiger partial charge on any atom is -0.444 e. The zero-order chi connectivity index (χ0) is 17.3. The van der Waals surface area contributed by atoms with Gasteiger partial charge in [0.05, 0.1) is 11.5 Å². The van der Waals surface area contributed by atoms with E-state index in [1.54, 1.807) is 20.8 Å². The van der Waals surface area contributed by atoms with Crippen LogP contribution in [0.4, 0.5) is 13.6 Å². The lowest BCUT2D eigenvalue weighted by molar-refractivity contribution is 0.0185. The van der Waals surface area contributed by atoms with E-state index in [-0.39, 0.29) is 0 Å². The summed E-state index contributed by atoms with van der Waals surface area (Å²) in [4.78, 5) is 13.6. The number of hydrogen-bond donors (Lipinski definition) is 0. The number of halogens is 2. The zero-order valence-corrected chi connectivity index (χ0v) is 13.5. The lowest BCUT2D eigenvalue weighted by atomic mass is 9.74. The van der Waals surface area contributed by atoms with Crippen LogP contribution in [0.5, 0.6) is 0 Å². The molecule has 0 aromatic heterocycles. The van der Waals surface area contributed by atoms with Gasteiger partial charge in [-0.15, -0.1) is 0 Å². The van der Waals surface area contributed by atoms with E-state index >= 15 is 0 Å². The van der Waals surface area contributed by atoms with Crippen molar-refractivity contribution in [3.63, 3.8) is 0 Å². The summed E-state index contributed by atoms with van der Waals surface area (Å²) in [5.74, 6) is -1.41. The molecule has 0 unspecified atom stereocenters. The van der Waals surface area contributed by atoms with Crippen molar-refractivity contribution in [3.05, 3.63) is 35.4 Å². The van der Waals surface area contributed by atoms with E-state index in [0.29, 0.717) is 31.5 Å². The molecule has 2 rings (SSSR count). The minimum absolute atomic E-state index is 0.306. The van der Waals surface area contributed by atoms with Crippen LogP contribution in [0.3, 0.4) is 0 Å². The highest BCUT2D eigenvalue weighted by molar-refractivity contribution is 5.68. The molecule has 0 saturated carbocycles. The summed E-state index contributed by atoms with van der Waals surface area (Å²) in [7, 11) is 0. The van der Waals surface area contributed by atoms with Crippen LogP contribution in [0.25, 0.3) is 0 Å². The van der Waals surface area contributed by atoms with Gasteiger partial charge in [-0.05, 0) is 51.3 Å². The second-order valence-electron chi connectivity index (χ2n) is 6.82. The fraction of sp³-hybridized carbons (Fsp3) is 0.529. The maximum Gasteiger partial charge on any atom is 0.410 e. The molecule has 0 spiro atoms. The summed E-state index contributed by atoms with van der Waals surface area (Å²) in [6.07, 6.45) is 0.187. The SMILES string of the molecule is CC(C)(C)OC(=O)N1CCC(C#N)(c2cc(F)cc(F)c2)CC1. The number of nitrogens with zero attached hydrogens (tertiary/aromatic N) is 2. The van der Waals surface area contributed by atoms with Gasteiger partial charge in [-0.2, -0.15) is 5.26 Å². The third-order valence-electron chi connectivity index (χ3n) is 3.90. The summed E-state index contributed by atoms with van der Waals surface area (Å²) in [5.41, 5.74) is -1.25. The van der Waals surface area contributed by atoms with Crippen molar-refractivity contribution < 1.29 is 18.3 Å². The van der Waals surface area contributed by atoms with Crippen molar-refractivity contribution in [2.75, 3.05) is 13.1 Å². The number of piperidine rings is 1. The molecule has 0 N–H and O–H groups in total. The van der Waals surface area contributed by atoms with Crippen LogP contribution in [-0.2, 0) is 10.2 Å². The van der Waals surface area contributed by atoms with Gasteiger partial charge in [0.1, 0.15) is 17.2 Å². The van der Waals surface area contributed by atoms with Gasteiger partial charge in [0.2, 0.25) is 0 Å². The molecule has 1 aromatic carbocycles. The van der Waals surface area contributed by atoms with E-state index in [9.17, 15) is 18.8 Å². The molecule has 1 heterocycles. The van der Waals surface area contributed by atoms with Gasteiger partial charge >= 0.3 is 6.09 Å². The van der Waals surface area contributed by atoms with Gasteiger partial charge in [0, 0.05) is 19.2 Å². The predicted octanol–water partition coefficient (Wildman–Crippen LogP) is 3.76. The Balaban J connectivity index is 2.14. The second kappa shape index (κ2) is 6.15. The summed E-state index contributed by atoms with van der Waals surface area (Å²) in [5, 5.41) is 9.56. The molecule has 1 aromatic rings. The van der Waals surface area contributed by atoms with Crippen LogP contribution < -0.4 is 0 Å². The summed E-state index contributed by atoms with van der Waals surface area (Å²) >= 11 is 0. The molecule has 0 radical (unpaired) electrons. The van der Waals surface area contributed by atoms with Crippen LogP contribution in [0.2, 0.25) is 0 Å². The number of amides is 1. The van der Waals surface area contributed by atoms with E-state index in [2.05, 4.69) is 6.07 Å². The quantitative estimate of drug-likeness (QED) is 0.791. The third kappa shape index (κ3) is 3.98. The number of nitriles is 1. The van der Waals surface area contributed by atoms with Crippen LogP contribution in [0, 0.1) is 23.0 Å². The smallest absolute Gasteiger partial charge is 0.410 e. The number of rotatable bonds is 1. The van der Waals surface area contributed by atoms with E-state index in [4.69, 9.17) is 4.74 Å². The van der Waals surface area contributed by atoms with Crippen molar-refractivity contribution in [1.29, 1.82) is 5.26 Å². The van der Waals surface area contributed by atoms with Crippen LogP contribution in [0.15, 0.2) is 18.2 Å². The van der Waals surface area contributed by atoms with Crippen molar-refractivity contribution in [2.45, 2.75) is 44.6 Å². The first-order valence-corrected chi connectivity index (χ1v) is 7.51. The first-order valence-electron chi connectivity index (χ1n) is 7.51. The lowest BCUT2D eigenvalue weighted by Gasteiger charge is -2.38. The lowest BCUT2D eigenvalue weighted by Crippen LogP contribution is -2.46. The molecular formula is C17H20F2N2O2. The van der Waals surface area contributed by atoms with Crippen molar-refractivity contribution in [3.8, 4) is 6.07 Å². The number of benzene rings is 1. The Kier molecular flexibility index (Phi) is 4.60. The Bertz CT molecular complexity index is 619. The topological polar surface area (TPSA) is 53.3 Å². The van der Waals surface area contributed by atoms with Crippen molar-refractivity contribution >= 4 is 6.09 Å². The molecule has 124 valence electrons. The van der Waals surface area contributed by atoms with E-state index in [0.717, 1.165) is 6.07 Å². The molecule has 4 nitrogen and oxygen atoms in total. The van der Waals surface area contributed by atoms with Gasteiger partial charge < -0.3 is 9.64 Å². The summed E-state index contributed by atoms with van der Waals surface area (Å²) in [6.45, 7) is 5.96. The Morgan fingerprint density at radius 3 is 2.17 bits per heavy atom. The van der Waals surface area contributed by atoms with Gasteiger partial charge in [0.15, 0.2) is 0 Å². The van der Waals surface area contributed by atoms with Gasteiger partial charge in [-0.25, -0.2) is 13.6 Å². The average Bonchev–Trinajstić information content (AvgIpc) is 2.44. The minimum atomic E-state index is -0.985. The number of ether oxygens (including phenoxy) is 1. The summed E-state index contributed by atoms with van der Waals surface area (Å²) in [6, 6.07) is 5.35. The molecular weight excluding hydrogens is 302 g/mol. The molecule has 1 fully saturated rings. The third-order valence-corrected chi connectivity index (χ3v) is 3.90. The first kappa shape index (κ1) is 17.2. The van der Waals surface area contributed by atoms with Crippen molar-refractivity contribution in [2.24, 2.45) is 0 Å². The molecule has 1 aliphatic heterocycles. The number of carbonyl (C=O) groups excluding carboxylic acids is 1. The molecule has 6 heteroatoms. The number of carbonyl (C=O) groups is 1. The van der Waals surface area contributed by atoms with Crippen LogP contribution in [0.1, 0.15) is 39.2 Å². The highest BCUT2D eigenvalue weighted by Gasteiger charge is 2.39.